The molecule has 0 aliphatic carbocycles. The van der Waals surface area contributed by atoms with Crippen LogP contribution in [0.5, 0.6) is 0 Å². The minimum atomic E-state index is -1.12. The van der Waals surface area contributed by atoms with Crippen LogP contribution in [-0.2, 0) is 21.0 Å². The second kappa shape index (κ2) is 10.1. The van der Waals surface area contributed by atoms with Gasteiger partial charge in [-0.25, -0.2) is 9.59 Å². The zero-order valence-electron chi connectivity index (χ0n) is 19.1. The Bertz CT molecular complexity index is 887. The van der Waals surface area contributed by atoms with Crippen LogP contribution in [0, 0.1) is 0 Å². The molecule has 2 atom stereocenters. The van der Waals surface area contributed by atoms with Gasteiger partial charge in [0.2, 0.25) is 5.91 Å². The zero-order valence-corrected chi connectivity index (χ0v) is 19.1. The van der Waals surface area contributed by atoms with Gasteiger partial charge in [-0.2, -0.15) is 5.06 Å². The second-order valence-corrected chi connectivity index (χ2v) is 9.16. The van der Waals surface area contributed by atoms with Crippen molar-refractivity contribution in [3.05, 3.63) is 35.9 Å². The van der Waals surface area contributed by atoms with Gasteiger partial charge in [0, 0.05) is 25.0 Å². The number of urea groups is 1. The van der Waals surface area contributed by atoms with E-state index in [0.717, 1.165) is 10.5 Å². The fourth-order valence-corrected chi connectivity index (χ4v) is 4.00. The van der Waals surface area contributed by atoms with Gasteiger partial charge in [0.1, 0.15) is 12.6 Å². The van der Waals surface area contributed by atoms with Crippen molar-refractivity contribution in [2.24, 2.45) is 0 Å². The number of hydrazine groups is 1. The van der Waals surface area contributed by atoms with Crippen molar-refractivity contribution in [2.75, 3.05) is 13.1 Å². The first-order valence-corrected chi connectivity index (χ1v) is 10.9. The maximum atomic E-state index is 12.8. The molecule has 1 aromatic rings. The van der Waals surface area contributed by atoms with Crippen molar-refractivity contribution in [3.8, 4) is 0 Å². The predicted octanol–water partition coefficient (Wildman–Crippen LogP) is 1.70. The van der Waals surface area contributed by atoms with Gasteiger partial charge in [0.05, 0.1) is 6.04 Å². The number of hydroxylamine groups is 2. The number of nitrogens with zero attached hydrogens (tertiary/aromatic N) is 3. The fraction of sp³-hybridized carbons (Fsp3) is 0.545. The Kier molecular flexibility index (Phi) is 7.42. The summed E-state index contributed by atoms with van der Waals surface area (Å²) in [5.41, 5.74) is 4.96. The number of hydrogen-bond donors (Lipinski definition) is 3. The Labute approximate surface area is 192 Å². The molecule has 1 aromatic carbocycles. The van der Waals surface area contributed by atoms with Crippen molar-refractivity contribution in [2.45, 2.75) is 64.3 Å². The van der Waals surface area contributed by atoms with Gasteiger partial charge in [-0.15, -0.1) is 0 Å². The molecule has 0 unspecified atom stereocenters. The number of carboxylic acid groups (broad SMARTS) is 1. The van der Waals surface area contributed by atoms with Crippen LogP contribution in [0.15, 0.2) is 30.3 Å². The van der Waals surface area contributed by atoms with E-state index in [-0.39, 0.29) is 31.6 Å². The third-order valence-corrected chi connectivity index (χ3v) is 5.77. The van der Waals surface area contributed by atoms with Crippen LogP contribution in [0.4, 0.5) is 9.59 Å². The van der Waals surface area contributed by atoms with E-state index >= 15 is 0 Å². The van der Waals surface area contributed by atoms with E-state index in [1.54, 1.807) is 20.8 Å². The summed E-state index contributed by atoms with van der Waals surface area (Å²) in [6, 6.07) is 8.28. The van der Waals surface area contributed by atoms with E-state index in [2.05, 4.69) is 10.9 Å². The van der Waals surface area contributed by atoms with Crippen LogP contribution >= 0.6 is 0 Å². The summed E-state index contributed by atoms with van der Waals surface area (Å²) in [5, 5.41) is 10.6. The number of piperidine rings is 1. The quantitative estimate of drug-likeness (QED) is 0.530. The van der Waals surface area contributed by atoms with Crippen LogP contribution in [0.3, 0.4) is 0 Å². The lowest BCUT2D eigenvalue weighted by Crippen LogP contribution is -2.54. The number of hydrogen-bond acceptors (Lipinski definition) is 5. The number of fused-ring (bicyclic) bond motifs is 2. The molecule has 33 heavy (non-hydrogen) atoms. The lowest BCUT2D eigenvalue weighted by atomic mass is 10.0. The molecular weight excluding hydrogens is 430 g/mol. The van der Waals surface area contributed by atoms with Gasteiger partial charge < -0.3 is 14.9 Å². The van der Waals surface area contributed by atoms with Crippen LogP contribution in [-0.4, -0.2) is 74.6 Å². The van der Waals surface area contributed by atoms with Gasteiger partial charge in [-0.1, -0.05) is 30.3 Å². The van der Waals surface area contributed by atoms with Crippen LogP contribution in [0.25, 0.3) is 0 Å². The molecule has 2 heterocycles. The molecule has 0 spiro atoms. The first-order chi connectivity index (χ1) is 15.6. The highest BCUT2D eigenvalue weighted by atomic mass is 16.7. The van der Waals surface area contributed by atoms with E-state index in [1.807, 2.05) is 30.3 Å². The molecule has 2 aliphatic rings. The third kappa shape index (κ3) is 5.92. The molecule has 0 radical (unpaired) electrons. The van der Waals surface area contributed by atoms with E-state index in [9.17, 15) is 24.3 Å². The van der Waals surface area contributed by atoms with Crippen molar-refractivity contribution in [3.63, 3.8) is 0 Å². The van der Waals surface area contributed by atoms with E-state index in [0.29, 0.717) is 19.4 Å². The normalized spacial score (nSPS) is 19.9. The highest BCUT2D eigenvalue weighted by Gasteiger charge is 2.48. The number of carbonyl (C=O) groups excluding carboxylic acids is 3. The number of carbonyl (C=O) groups is 4. The highest BCUT2D eigenvalue weighted by molar-refractivity contribution is 5.90. The zero-order chi connectivity index (χ0) is 24.2. The van der Waals surface area contributed by atoms with Crippen LogP contribution in [0.2, 0.25) is 0 Å². The van der Waals surface area contributed by atoms with E-state index in [1.165, 1.54) is 9.96 Å². The van der Waals surface area contributed by atoms with Gasteiger partial charge in [-0.05, 0) is 39.2 Å². The molecule has 11 nitrogen and oxygen atoms in total. The maximum absolute atomic E-state index is 12.8. The monoisotopic (exact) mass is 461 g/mol. The first-order valence-electron chi connectivity index (χ1n) is 10.9. The molecule has 2 fully saturated rings. The Balaban J connectivity index is 1.48. The average Bonchev–Trinajstić information content (AvgIpc) is 3.00. The first kappa shape index (κ1) is 24.3. The number of rotatable bonds is 7. The Morgan fingerprint density at radius 2 is 1.85 bits per heavy atom. The number of amides is 5. The summed E-state index contributed by atoms with van der Waals surface area (Å²) in [7, 11) is 0. The molecule has 5 amide bonds. The second-order valence-electron chi connectivity index (χ2n) is 9.16. The SMILES string of the molecule is CC(C)(C)N(CCC(=O)NNC(=O)[C@@H]1CC[C@@H]2CN1C(=O)N2OCc1ccccc1)C(=O)O. The smallest absolute Gasteiger partial charge is 0.407 e. The molecule has 0 saturated carbocycles. The van der Waals surface area contributed by atoms with E-state index < -0.39 is 29.5 Å². The predicted molar refractivity (Wildman–Crippen MR) is 117 cm³/mol. The minimum absolute atomic E-state index is 0.00995. The molecule has 0 aromatic heterocycles. The summed E-state index contributed by atoms with van der Waals surface area (Å²) < 4.78 is 0. The molecule has 3 N–H and O–H groups in total. The van der Waals surface area contributed by atoms with Crippen LogP contribution < -0.4 is 10.9 Å². The van der Waals surface area contributed by atoms with Crippen molar-refractivity contribution in [1.82, 2.24) is 25.7 Å². The molecule has 2 saturated heterocycles. The number of benzene rings is 1. The summed E-state index contributed by atoms with van der Waals surface area (Å²) in [5.74, 6) is -1.01. The van der Waals surface area contributed by atoms with Gasteiger partial charge in [0.25, 0.3) is 5.91 Å². The summed E-state index contributed by atoms with van der Waals surface area (Å²) in [6.07, 6.45) is -0.189. The summed E-state index contributed by atoms with van der Waals surface area (Å²) in [6.45, 7) is 5.82. The lowest BCUT2D eigenvalue weighted by Gasteiger charge is -2.33. The lowest BCUT2D eigenvalue weighted by molar-refractivity contribution is -0.140. The summed E-state index contributed by atoms with van der Waals surface area (Å²) in [4.78, 5) is 57.3. The Morgan fingerprint density at radius 3 is 2.48 bits per heavy atom. The van der Waals surface area contributed by atoms with E-state index in [4.69, 9.17) is 4.84 Å². The molecule has 2 aliphatic heterocycles. The Hall–Kier alpha value is -3.34. The minimum Gasteiger partial charge on any atom is -0.465 e. The van der Waals surface area contributed by atoms with Crippen molar-refractivity contribution in [1.29, 1.82) is 0 Å². The summed E-state index contributed by atoms with van der Waals surface area (Å²) >= 11 is 0. The van der Waals surface area contributed by atoms with Crippen molar-refractivity contribution >= 4 is 23.9 Å². The van der Waals surface area contributed by atoms with Gasteiger partial charge in [0.15, 0.2) is 0 Å². The molecule has 11 heteroatoms. The molecule has 180 valence electrons. The van der Waals surface area contributed by atoms with Crippen molar-refractivity contribution < 1.29 is 29.1 Å². The van der Waals surface area contributed by atoms with Gasteiger partial charge >= 0.3 is 12.1 Å². The maximum Gasteiger partial charge on any atom is 0.407 e. The highest BCUT2D eigenvalue weighted by Crippen LogP contribution is 2.30. The van der Waals surface area contributed by atoms with Crippen LogP contribution in [0.1, 0.15) is 45.6 Å². The molecule has 2 bridgehead atoms. The number of nitrogens with one attached hydrogen (secondary N) is 2. The fourth-order valence-electron chi connectivity index (χ4n) is 4.00. The third-order valence-electron chi connectivity index (χ3n) is 5.77. The average molecular weight is 462 g/mol. The molecular formula is C22H31N5O6. The standard InChI is InChI=1S/C22H31N5O6/c1-22(2,3)26(21(31)32)12-11-18(28)23-24-19(29)17-10-9-16-13-25(17)20(30)27(16)33-14-15-7-5-4-6-8-15/h4-8,16-17H,9-14H2,1-3H3,(H,23,28)(H,24,29)(H,31,32)/t16-,17+/m1/s1. The van der Waals surface area contributed by atoms with Gasteiger partial charge in [-0.3, -0.25) is 25.3 Å². The topological polar surface area (TPSA) is 132 Å². The molecule has 3 rings (SSSR count). The Morgan fingerprint density at radius 1 is 1.15 bits per heavy atom. The largest absolute Gasteiger partial charge is 0.465 e.